The molecule has 0 saturated heterocycles. The summed E-state index contributed by atoms with van der Waals surface area (Å²) in [5.74, 6) is -2.11. The zero-order valence-electron chi connectivity index (χ0n) is 10.1. The predicted octanol–water partition coefficient (Wildman–Crippen LogP) is 3.74. The Morgan fingerprint density at radius 3 is 2.84 bits per heavy atom. The summed E-state index contributed by atoms with van der Waals surface area (Å²) < 4.78 is 32.3. The number of rotatable bonds is 4. The summed E-state index contributed by atoms with van der Waals surface area (Å²) in [6.45, 7) is 0.0579. The van der Waals surface area contributed by atoms with E-state index in [4.69, 9.17) is 4.74 Å². The van der Waals surface area contributed by atoms with Crippen LogP contribution < -0.4 is 10.1 Å². The highest BCUT2D eigenvalue weighted by molar-refractivity contribution is 9.10. The molecular formula is C13H11BrF2N2O. The molecule has 3 nitrogen and oxygen atoms in total. The molecule has 1 aromatic heterocycles. The number of ether oxygens (including phenoxy) is 1. The summed E-state index contributed by atoms with van der Waals surface area (Å²) in [7, 11) is 1.78. The van der Waals surface area contributed by atoms with Gasteiger partial charge in [-0.05, 0) is 24.3 Å². The Morgan fingerprint density at radius 1 is 1.32 bits per heavy atom. The molecule has 1 aromatic carbocycles. The Balaban J connectivity index is 2.14. The van der Waals surface area contributed by atoms with Crippen molar-refractivity contribution in [3.05, 3.63) is 52.3 Å². The van der Waals surface area contributed by atoms with Crippen LogP contribution >= 0.6 is 15.9 Å². The van der Waals surface area contributed by atoms with Crippen LogP contribution in [0.2, 0.25) is 0 Å². The van der Waals surface area contributed by atoms with Gasteiger partial charge in [0, 0.05) is 23.4 Å². The standard InChI is InChI=1S/C13H11BrF2N2O/c1-17-9-2-3-18-10(6-9)7-19-12-5-8(14)4-11(15)13(12)16/h2-6H,7H2,1H3,(H,17,18). The molecule has 0 saturated carbocycles. The predicted molar refractivity (Wildman–Crippen MR) is 72.2 cm³/mol. The van der Waals surface area contributed by atoms with Gasteiger partial charge < -0.3 is 10.1 Å². The normalized spacial score (nSPS) is 10.3. The molecule has 100 valence electrons. The zero-order valence-corrected chi connectivity index (χ0v) is 11.7. The second kappa shape index (κ2) is 5.97. The molecule has 0 aliphatic rings. The number of hydrogen-bond acceptors (Lipinski definition) is 3. The molecule has 0 amide bonds. The summed E-state index contributed by atoms with van der Waals surface area (Å²) in [5.41, 5.74) is 1.49. The smallest absolute Gasteiger partial charge is 0.200 e. The van der Waals surface area contributed by atoms with Gasteiger partial charge in [-0.1, -0.05) is 15.9 Å². The maximum Gasteiger partial charge on any atom is 0.200 e. The van der Waals surface area contributed by atoms with E-state index in [2.05, 4.69) is 26.2 Å². The Kier molecular flexibility index (Phi) is 4.31. The number of nitrogens with zero attached hydrogens (tertiary/aromatic N) is 1. The van der Waals surface area contributed by atoms with E-state index in [0.717, 1.165) is 11.8 Å². The summed E-state index contributed by atoms with van der Waals surface area (Å²) >= 11 is 3.08. The van der Waals surface area contributed by atoms with Crippen molar-refractivity contribution in [1.82, 2.24) is 4.98 Å². The first-order valence-electron chi connectivity index (χ1n) is 5.50. The Labute approximate surface area is 117 Å². The van der Waals surface area contributed by atoms with Crippen molar-refractivity contribution in [1.29, 1.82) is 0 Å². The Bertz CT molecular complexity index is 593. The average molecular weight is 329 g/mol. The number of pyridine rings is 1. The van der Waals surface area contributed by atoms with Crippen molar-refractivity contribution >= 4 is 21.6 Å². The van der Waals surface area contributed by atoms with Crippen molar-refractivity contribution in [3.63, 3.8) is 0 Å². The van der Waals surface area contributed by atoms with Crippen molar-refractivity contribution in [2.75, 3.05) is 12.4 Å². The minimum atomic E-state index is -1.01. The molecule has 1 N–H and O–H groups in total. The van der Waals surface area contributed by atoms with E-state index >= 15 is 0 Å². The lowest BCUT2D eigenvalue weighted by molar-refractivity contribution is 0.280. The average Bonchev–Trinajstić information content (AvgIpc) is 2.41. The van der Waals surface area contributed by atoms with Crippen molar-refractivity contribution < 1.29 is 13.5 Å². The van der Waals surface area contributed by atoms with Crippen LogP contribution in [0.25, 0.3) is 0 Å². The first-order chi connectivity index (χ1) is 9.10. The molecule has 0 atom stereocenters. The van der Waals surface area contributed by atoms with Gasteiger partial charge in [-0.15, -0.1) is 0 Å². The molecule has 0 aliphatic carbocycles. The van der Waals surface area contributed by atoms with E-state index in [1.54, 1.807) is 25.4 Å². The number of aromatic nitrogens is 1. The van der Waals surface area contributed by atoms with E-state index in [1.165, 1.54) is 6.07 Å². The fraction of sp³-hybridized carbons (Fsp3) is 0.154. The van der Waals surface area contributed by atoms with Gasteiger partial charge in [0.1, 0.15) is 6.61 Å². The van der Waals surface area contributed by atoms with Gasteiger partial charge in [0.25, 0.3) is 0 Å². The highest BCUT2D eigenvalue weighted by Crippen LogP contribution is 2.26. The number of benzene rings is 1. The number of hydrogen-bond donors (Lipinski definition) is 1. The van der Waals surface area contributed by atoms with Gasteiger partial charge in [0.05, 0.1) is 5.69 Å². The Hall–Kier alpha value is -1.69. The van der Waals surface area contributed by atoms with Gasteiger partial charge in [0.15, 0.2) is 11.6 Å². The summed E-state index contributed by atoms with van der Waals surface area (Å²) in [4.78, 5) is 4.08. The van der Waals surface area contributed by atoms with Crippen LogP contribution in [0.3, 0.4) is 0 Å². The molecule has 2 aromatic rings. The third kappa shape index (κ3) is 3.41. The van der Waals surface area contributed by atoms with Crippen molar-refractivity contribution in [2.24, 2.45) is 0 Å². The highest BCUT2D eigenvalue weighted by atomic mass is 79.9. The van der Waals surface area contributed by atoms with Crippen LogP contribution in [0, 0.1) is 11.6 Å². The molecule has 19 heavy (non-hydrogen) atoms. The van der Waals surface area contributed by atoms with Gasteiger partial charge in [-0.2, -0.15) is 4.39 Å². The molecule has 0 spiro atoms. The maximum absolute atomic E-state index is 13.5. The minimum absolute atomic E-state index is 0.0579. The van der Waals surface area contributed by atoms with E-state index in [9.17, 15) is 8.78 Å². The highest BCUT2D eigenvalue weighted by Gasteiger charge is 2.11. The fourth-order valence-electron chi connectivity index (χ4n) is 1.50. The van der Waals surface area contributed by atoms with Crippen LogP contribution in [0.1, 0.15) is 5.69 Å². The zero-order chi connectivity index (χ0) is 13.8. The molecule has 0 unspecified atom stereocenters. The van der Waals surface area contributed by atoms with Gasteiger partial charge in [-0.25, -0.2) is 4.39 Å². The topological polar surface area (TPSA) is 34.2 Å². The van der Waals surface area contributed by atoms with Crippen LogP contribution in [0.4, 0.5) is 14.5 Å². The lowest BCUT2D eigenvalue weighted by Gasteiger charge is -2.09. The van der Waals surface area contributed by atoms with E-state index in [-0.39, 0.29) is 12.4 Å². The second-order valence-corrected chi connectivity index (χ2v) is 4.69. The van der Waals surface area contributed by atoms with Crippen molar-refractivity contribution in [2.45, 2.75) is 6.61 Å². The fourth-order valence-corrected chi connectivity index (χ4v) is 1.91. The molecule has 0 fully saturated rings. The third-order valence-electron chi connectivity index (χ3n) is 2.44. The van der Waals surface area contributed by atoms with E-state index in [1.807, 2.05) is 0 Å². The maximum atomic E-state index is 13.5. The van der Waals surface area contributed by atoms with Gasteiger partial charge in [0.2, 0.25) is 5.82 Å². The van der Waals surface area contributed by atoms with Crippen molar-refractivity contribution in [3.8, 4) is 5.75 Å². The quantitative estimate of drug-likeness (QED) is 0.868. The SMILES string of the molecule is CNc1ccnc(COc2cc(Br)cc(F)c2F)c1. The van der Waals surface area contributed by atoms with Crippen LogP contribution in [0.15, 0.2) is 34.9 Å². The number of halogens is 3. The summed E-state index contributed by atoms with van der Waals surface area (Å²) in [6, 6.07) is 5.98. The summed E-state index contributed by atoms with van der Waals surface area (Å²) in [5, 5.41) is 2.96. The lowest BCUT2D eigenvalue weighted by Crippen LogP contribution is -2.02. The van der Waals surface area contributed by atoms with Crippen LogP contribution in [-0.4, -0.2) is 12.0 Å². The first-order valence-corrected chi connectivity index (χ1v) is 6.29. The van der Waals surface area contributed by atoms with Gasteiger partial charge >= 0.3 is 0 Å². The molecule has 1 heterocycles. The monoisotopic (exact) mass is 328 g/mol. The minimum Gasteiger partial charge on any atom is -0.484 e. The number of anilines is 1. The Morgan fingerprint density at radius 2 is 2.11 bits per heavy atom. The first kappa shape index (κ1) is 13.7. The van der Waals surface area contributed by atoms with Crippen LogP contribution in [-0.2, 0) is 6.61 Å². The summed E-state index contributed by atoms with van der Waals surface area (Å²) in [6.07, 6.45) is 1.61. The lowest BCUT2D eigenvalue weighted by atomic mass is 10.3. The molecule has 2 rings (SSSR count). The molecular weight excluding hydrogens is 318 g/mol. The number of nitrogens with one attached hydrogen (secondary N) is 1. The molecule has 0 radical (unpaired) electrons. The molecule has 0 aliphatic heterocycles. The van der Waals surface area contributed by atoms with Gasteiger partial charge in [-0.3, -0.25) is 4.98 Å². The third-order valence-corrected chi connectivity index (χ3v) is 2.90. The largest absolute Gasteiger partial charge is 0.484 e. The van der Waals surface area contributed by atoms with E-state index in [0.29, 0.717) is 10.2 Å². The van der Waals surface area contributed by atoms with Crippen LogP contribution in [0.5, 0.6) is 5.75 Å². The molecule has 0 bridgehead atoms. The second-order valence-electron chi connectivity index (χ2n) is 3.77. The molecule has 6 heteroatoms. The van der Waals surface area contributed by atoms with E-state index < -0.39 is 11.6 Å².